The van der Waals surface area contributed by atoms with Crippen molar-refractivity contribution in [2.75, 3.05) is 0 Å². The van der Waals surface area contributed by atoms with E-state index in [4.69, 9.17) is 14.4 Å². The van der Waals surface area contributed by atoms with Gasteiger partial charge in [-0.2, -0.15) is 0 Å². The molecule has 5 fully saturated rings. The molecule has 196 valence electrons. The number of aromatic nitrogens is 3. The van der Waals surface area contributed by atoms with E-state index in [1.807, 2.05) is 0 Å². The van der Waals surface area contributed by atoms with Gasteiger partial charge in [-0.15, -0.1) is 0 Å². The van der Waals surface area contributed by atoms with Crippen LogP contribution in [0.15, 0.2) is 52.9 Å². The van der Waals surface area contributed by atoms with Crippen LogP contribution < -0.4 is 0 Å². The summed E-state index contributed by atoms with van der Waals surface area (Å²) in [6.07, 6.45) is 12.5. The summed E-state index contributed by atoms with van der Waals surface area (Å²) < 4.78 is 8.93. The van der Waals surface area contributed by atoms with E-state index in [0.717, 1.165) is 62.7 Å². The molecule has 7 atom stereocenters. The lowest BCUT2D eigenvalue weighted by atomic mass is 9.55. The van der Waals surface area contributed by atoms with Gasteiger partial charge in [0.25, 0.3) is 0 Å². The van der Waals surface area contributed by atoms with Crippen LogP contribution in [0.3, 0.4) is 0 Å². The Balaban J connectivity index is 1.25. The number of para-hydroxylation sites is 1. The summed E-state index contributed by atoms with van der Waals surface area (Å²) in [6.45, 7) is 0. The average Bonchev–Trinajstić information content (AvgIpc) is 3.78. The van der Waals surface area contributed by atoms with Crippen molar-refractivity contribution in [1.82, 2.24) is 14.4 Å². The van der Waals surface area contributed by atoms with Crippen LogP contribution in [0.4, 0.5) is 0 Å². The molecule has 4 heteroatoms. The van der Waals surface area contributed by atoms with Gasteiger partial charge in [-0.25, -0.2) is 9.97 Å². The Bertz CT molecular complexity index is 2170. The number of furan rings is 1. The van der Waals surface area contributed by atoms with Crippen molar-refractivity contribution in [3.63, 3.8) is 0 Å². The van der Waals surface area contributed by atoms with Crippen molar-refractivity contribution in [2.45, 2.75) is 75.0 Å². The lowest BCUT2D eigenvalue weighted by Gasteiger charge is -2.49. The number of benzene rings is 3. The molecule has 7 unspecified atom stereocenters. The van der Waals surface area contributed by atoms with Gasteiger partial charge < -0.3 is 4.42 Å². The normalized spacial score (nSPS) is 36.5. The molecule has 5 saturated carbocycles. The summed E-state index contributed by atoms with van der Waals surface area (Å²) in [5.74, 6) is 5.56. The molecule has 0 N–H and O–H groups in total. The maximum Gasteiger partial charge on any atom is 0.148 e. The van der Waals surface area contributed by atoms with Gasteiger partial charge in [0, 0.05) is 16.2 Å². The monoisotopic (exact) mass is 521 g/mol. The van der Waals surface area contributed by atoms with Gasteiger partial charge in [-0.3, -0.25) is 4.40 Å². The van der Waals surface area contributed by atoms with E-state index in [1.54, 1.807) is 11.1 Å². The summed E-state index contributed by atoms with van der Waals surface area (Å²) in [6, 6.07) is 17.9. The van der Waals surface area contributed by atoms with Gasteiger partial charge in [-0.1, -0.05) is 18.2 Å². The maximum absolute atomic E-state index is 6.36. The highest BCUT2D eigenvalue weighted by molar-refractivity contribution is 6.19. The van der Waals surface area contributed by atoms with Crippen LogP contribution in [-0.4, -0.2) is 14.4 Å². The fourth-order valence-electron chi connectivity index (χ4n) is 12.0. The van der Waals surface area contributed by atoms with E-state index in [9.17, 15) is 0 Å². The Hall–Kier alpha value is -3.40. The molecule has 3 aromatic heterocycles. The van der Waals surface area contributed by atoms with Crippen molar-refractivity contribution in [3.8, 4) is 0 Å². The smallest absolute Gasteiger partial charge is 0.148 e. The first kappa shape index (κ1) is 20.5. The third kappa shape index (κ3) is 2.09. The standard InChI is InChI=1S/C36H31N3O/c1-2-4-29-23(3-1)31-30(40-29)8-7-24-32(31)38-34(35-14-18-9-21-11-22(16-35)36(21,15-18)17-35)39-28-13-26-20-6-5-19(10-20)25(26)12-27(28)37-33(24)39/h1-4,7-8,12-13,18-22H,5-6,9-11,14-17H2. The van der Waals surface area contributed by atoms with E-state index < -0.39 is 0 Å². The summed E-state index contributed by atoms with van der Waals surface area (Å²) in [5.41, 5.74) is 10.5. The molecule has 6 aliphatic rings. The van der Waals surface area contributed by atoms with E-state index in [0.29, 0.717) is 5.41 Å². The third-order valence-corrected chi connectivity index (χ3v) is 13.3. The topological polar surface area (TPSA) is 43.3 Å². The number of imidazole rings is 1. The van der Waals surface area contributed by atoms with Crippen LogP contribution in [0.5, 0.6) is 0 Å². The van der Waals surface area contributed by atoms with E-state index >= 15 is 0 Å². The molecular formula is C36H31N3O. The first-order valence-corrected chi connectivity index (χ1v) is 15.8. The summed E-state index contributed by atoms with van der Waals surface area (Å²) in [7, 11) is 0. The Morgan fingerprint density at radius 3 is 2.65 bits per heavy atom. The van der Waals surface area contributed by atoms with Gasteiger partial charge >= 0.3 is 0 Å². The second-order valence-corrected chi connectivity index (χ2v) is 14.8. The van der Waals surface area contributed by atoms with Crippen molar-refractivity contribution >= 4 is 49.5 Å². The van der Waals surface area contributed by atoms with Crippen molar-refractivity contribution in [3.05, 3.63) is 65.5 Å². The van der Waals surface area contributed by atoms with Crippen molar-refractivity contribution < 1.29 is 4.42 Å². The Kier molecular flexibility index (Phi) is 3.20. The van der Waals surface area contributed by atoms with Crippen LogP contribution in [-0.2, 0) is 5.41 Å². The van der Waals surface area contributed by atoms with Crippen LogP contribution in [0.2, 0.25) is 0 Å². The van der Waals surface area contributed by atoms with Crippen LogP contribution in [0, 0.1) is 23.2 Å². The lowest BCUT2D eigenvalue weighted by molar-refractivity contribution is -0.000334. The predicted molar refractivity (Wildman–Crippen MR) is 157 cm³/mol. The number of nitrogens with zero attached hydrogens (tertiary/aromatic N) is 3. The highest BCUT2D eigenvalue weighted by Gasteiger charge is 2.71. The van der Waals surface area contributed by atoms with Crippen LogP contribution in [0.1, 0.15) is 86.6 Å². The quantitative estimate of drug-likeness (QED) is 0.217. The summed E-state index contributed by atoms with van der Waals surface area (Å²) >= 11 is 0. The summed E-state index contributed by atoms with van der Waals surface area (Å²) in [4.78, 5) is 11.3. The number of hydrogen-bond acceptors (Lipinski definition) is 3. The first-order valence-electron chi connectivity index (χ1n) is 15.8. The zero-order valence-electron chi connectivity index (χ0n) is 22.6. The minimum absolute atomic E-state index is 0.165. The van der Waals surface area contributed by atoms with Crippen molar-refractivity contribution in [1.29, 1.82) is 0 Å². The predicted octanol–water partition coefficient (Wildman–Crippen LogP) is 8.77. The van der Waals surface area contributed by atoms with Crippen LogP contribution >= 0.6 is 0 Å². The fourth-order valence-corrected chi connectivity index (χ4v) is 12.0. The molecule has 4 nitrogen and oxygen atoms in total. The van der Waals surface area contributed by atoms with Gasteiger partial charge in [0.2, 0.25) is 0 Å². The van der Waals surface area contributed by atoms with Gasteiger partial charge in [-0.05, 0) is 134 Å². The molecule has 0 radical (unpaired) electrons. The molecule has 3 aromatic carbocycles. The number of hydrogen-bond donors (Lipinski definition) is 0. The molecule has 5 bridgehead atoms. The van der Waals surface area contributed by atoms with E-state index in [2.05, 4.69) is 52.9 Å². The lowest BCUT2D eigenvalue weighted by Crippen LogP contribution is -2.42. The zero-order chi connectivity index (χ0) is 25.5. The third-order valence-electron chi connectivity index (χ3n) is 13.3. The largest absolute Gasteiger partial charge is 0.456 e. The average molecular weight is 522 g/mol. The summed E-state index contributed by atoms with van der Waals surface area (Å²) in [5, 5.41) is 3.50. The second kappa shape index (κ2) is 6.25. The number of rotatable bonds is 1. The highest BCUT2D eigenvalue weighted by Crippen LogP contribution is 2.78. The molecule has 12 rings (SSSR count). The highest BCUT2D eigenvalue weighted by atomic mass is 16.3. The second-order valence-electron chi connectivity index (χ2n) is 14.8. The molecular weight excluding hydrogens is 490 g/mol. The molecule has 6 aromatic rings. The molecule has 0 amide bonds. The van der Waals surface area contributed by atoms with Gasteiger partial charge in [0.05, 0.1) is 21.9 Å². The van der Waals surface area contributed by atoms with Gasteiger partial charge in [0.15, 0.2) is 0 Å². The minimum atomic E-state index is 0.165. The van der Waals surface area contributed by atoms with E-state index in [-0.39, 0.29) is 5.41 Å². The minimum Gasteiger partial charge on any atom is -0.456 e. The van der Waals surface area contributed by atoms with Crippen LogP contribution in [0.25, 0.3) is 49.5 Å². The molecule has 1 spiro atoms. The molecule has 3 heterocycles. The SMILES string of the molecule is c1ccc2c(c1)oc1ccc3c(nc(C45CC6CC7CC(C4)C7(C6)C5)n4c5cc6c(cc5nc34)C3CCC6C3)c12. The Morgan fingerprint density at radius 1 is 0.800 bits per heavy atom. The molecule has 6 aliphatic carbocycles. The molecule has 40 heavy (non-hydrogen) atoms. The maximum atomic E-state index is 6.36. The molecule has 0 saturated heterocycles. The zero-order valence-corrected chi connectivity index (χ0v) is 22.6. The van der Waals surface area contributed by atoms with Gasteiger partial charge in [0.1, 0.15) is 22.6 Å². The Morgan fingerprint density at radius 2 is 1.70 bits per heavy atom. The fraction of sp³-hybridized carbons (Fsp3) is 0.444. The van der Waals surface area contributed by atoms with Crippen molar-refractivity contribution in [2.24, 2.45) is 23.2 Å². The Labute approximate surface area is 231 Å². The number of fused-ring (bicyclic) bond motifs is 16. The first-order chi connectivity index (χ1) is 19.7. The molecule has 0 aliphatic heterocycles. The van der Waals surface area contributed by atoms with E-state index in [1.165, 1.54) is 80.0 Å².